The highest BCUT2D eigenvalue weighted by atomic mass is 16.4. The van der Waals surface area contributed by atoms with Gasteiger partial charge in [0.1, 0.15) is 11.9 Å². The Morgan fingerprint density at radius 1 is 1.53 bits per heavy atom. The summed E-state index contributed by atoms with van der Waals surface area (Å²) in [4.78, 5) is 4.42. The van der Waals surface area contributed by atoms with Crippen LogP contribution in [0.1, 0.15) is 44.5 Å². The number of aliphatic imine (C=N–C) groups is 1. The van der Waals surface area contributed by atoms with Crippen molar-refractivity contribution in [1.82, 2.24) is 10.6 Å². The van der Waals surface area contributed by atoms with Gasteiger partial charge in [0.2, 0.25) is 0 Å². The lowest BCUT2D eigenvalue weighted by molar-refractivity contribution is 0.158. The van der Waals surface area contributed by atoms with E-state index in [1.54, 1.807) is 18.4 Å². The largest absolute Gasteiger partial charge is 0.467 e. The number of nitrogens with one attached hydrogen (secondary N) is 2. The summed E-state index contributed by atoms with van der Waals surface area (Å²) in [5, 5.41) is 16.6. The quantitative estimate of drug-likeness (QED) is 0.561. The standard InChI is InChI=1S/C14H23N3O2/c1-2-15-14(17-11-6-3-4-7-11)16-10-12(18)13-8-5-9-19-13/h5,8-9,11-12,18H,2-4,6-7,10H2,1H3,(H2,15,16,17). The van der Waals surface area contributed by atoms with Gasteiger partial charge >= 0.3 is 0 Å². The SMILES string of the molecule is CCNC(=NCC(O)c1ccco1)NC1CCCC1. The van der Waals surface area contributed by atoms with Crippen molar-refractivity contribution in [3.05, 3.63) is 24.2 Å². The van der Waals surface area contributed by atoms with Crippen LogP contribution in [0.25, 0.3) is 0 Å². The number of hydrogen-bond donors (Lipinski definition) is 3. The fourth-order valence-electron chi connectivity index (χ4n) is 2.33. The van der Waals surface area contributed by atoms with Crippen LogP contribution in [0.4, 0.5) is 0 Å². The van der Waals surface area contributed by atoms with Crippen LogP contribution in [0.2, 0.25) is 0 Å². The Balaban J connectivity index is 1.87. The molecule has 1 aromatic heterocycles. The van der Waals surface area contributed by atoms with Crippen molar-refractivity contribution >= 4 is 5.96 Å². The van der Waals surface area contributed by atoms with E-state index in [0.717, 1.165) is 12.5 Å². The molecule has 2 rings (SSSR count). The van der Waals surface area contributed by atoms with Crippen molar-refractivity contribution in [3.8, 4) is 0 Å². The lowest BCUT2D eigenvalue weighted by Gasteiger charge is -2.17. The van der Waals surface area contributed by atoms with Gasteiger partial charge < -0.3 is 20.2 Å². The van der Waals surface area contributed by atoms with Gasteiger partial charge in [0.15, 0.2) is 5.96 Å². The summed E-state index contributed by atoms with van der Waals surface area (Å²) in [7, 11) is 0. The van der Waals surface area contributed by atoms with Crippen molar-refractivity contribution in [2.75, 3.05) is 13.1 Å². The molecule has 1 unspecified atom stereocenters. The van der Waals surface area contributed by atoms with Crippen LogP contribution in [0, 0.1) is 0 Å². The average molecular weight is 265 g/mol. The first kappa shape index (κ1) is 13.9. The third kappa shape index (κ3) is 4.28. The number of rotatable bonds is 5. The van der Waals surface area contributed by atoms with Crippen LogP contribution in [-0.4, -0.2) is 30.2 Å². The van der Waals surface area contributed by atoms with E-state index in [9.17, 15) is 5.11 Å². The van der Waals surface area contributed by atoms with Crippen LogP contribution in [0.5, 0.6) is 0 Å². The maximum Gasteiger partial charge on any atom is 0.191 e. The van der Waals surface area contributed by atoms with Crippen LogP contribution < -0.4 is 10.6 Å². The molecule has 0 saturated heterocycles. The molecule has 1 aliphatic carbocycles. The van der Waals surface area contributed by atoms with E-state index in [2.05, 4.69) is 15.6 Å². The molecule has 106 valence electrons. The molecular weight excluding hydrogens is 242 g/mol. The van der Waals surface area contributed by atoms with Gasteiger partial charge in [-0.25, -0.2) is 0 Å². The Labute approximate surface area is 114 Å². The molecule has 3 N–H and O–H groups in total. The molecule has 1 atom stereocenters. The summed E-state index contributed by atoms with van der Waals surface area (Å²) in [6, 6.07) is 4.04. The summed E-state index contributed by atoms with van der Waals surface area (Å²) < 4.78 is 5.16. The zero-order valence-electron chi connectivity index (χ0n) is 11.4. The predicted molar refractivity (Wildman–Crippen MR) is 75.0 cm³/mol. The Bertz CT molecular complexity index is 383. The minimum absolute atomic E-state index is 0.301. The minimum Gasteiger partial charge on any atom is -0.467 e. The van der Waals surface area contributed by atoms with Crippen LogP contribution in [0.15, 0.2) is 27.8 Å². The summed E-state index contributed by atoms with van der Waals surface area (Å²) in [5.74, 6) is 1.33. The van der Waals surface area contributed by atoms with Crippen molar-refractivity contribution < 1.29 is 9.52 Å². The lowest BCUT2D eigenvalue weighted by Crippen LogP contribution is -2.42. The predicted octanol–water partition coefficient (Wildman–Crippen LogP) is 1.81. The zero-order chi connectivity index (χ0) is 13.5. The Kier molecular flexibility index (Phi) is 5.27. The number of hydrogen-bond acceptors (Lipinski definition) is 3. The molecule has 1 heterocycles. The van der Waals surface area contributed by atoms with Crippen molar-refractivity contribution in [1.29, 1.82) is 0 Å². The summed E-state index contributed by atoms with van der Waals surface area (Å²) in [5.41, 5.74) is 0. The molecular formula is C14H23N3O2. The molecule has 5 nitrogen and oxygen atoms in total. The average Bonchev–Trinajstić information content (AvgIpc) is 3.08. The van der Waals surface area contributed by atoms with Crippen molar-refractivity contribution in [2.45, 2.75) is 44.8 Å². The van der Waals surface area contributed by atoms with Gasteiger partial charge in [-0.1, -0.05) is 12.8 Å². The van der Waals surface area contributed by atoms with Gasteiger partial charge in [0.05, 0.1) is 12.8 Å². The number of aliphatic hydroxyl groups excluding tert-OH is 1. The molecule has 0 bridgehead atoms. The number of aliphatic hydroxyl groups is 1. The molecule has 0 aromatic carbocycles. The van der Waals surface area contributed by atoms with Crippen LogP contribution in [-0.2, 0) is 0 Å². The van der Waals surface area contributed by atoms with Gasteiger partial charge in [-0.05, 0) is 31.9 Å². The second kappa shape index (κ2) is 7.19. The molecule has 1 aliphatic rings. The molecule has 0 aliphatic heterocycles. The zero-order valence-corrected chi connectivity index (χ0v) is 11.4. The molecule has 19 heavy (non-hydrogen) atoms. The number of nitrogens with zero attached hydrogens (tertiary/aromatic N) is 1. The summed E-state index contributed by atoms with van der Waals surface area (Å²) in [6.45, 7) is 3.15. The van der Waals surface area contributed by atoms with Crippen LogP contribution >= 0.6 is 0 Å². The van der Waals surface area contributed by atoms with Crippen molar-refractivity contribution in [3.63, 3.8) is 0 Å². The second-order valence-corrected chi connectivity index (χ2v) is 4.88. The molecule has 1 fully saturated rings. The van der Waals surface area contributed by atoms with E-state index in [1.807, 2.05) is 6.92 Å². The second-order valence-electron chi connectivity index (χ2n) is 4.88. The van der Waals surface area contributed by atoms with E-state index in [-0.39, 0.29) is 0 Å². The Morgan fingerprint density at radius 3 is 2.95 bits per heavy atom. The molecule has 0 spiro atoms. The van der Waals surface area contributed by atoms with Gasteiger partial charge in [-0.3, -0.25) is 4.99 Å². The Hall–Kier alpha value is -1.49. The number of guanidine groups is 1. The van der Waals surface area contributed by atoms with Crippen molar-refractivity contribution in [2.24, 2.45) is 4.99 Å². The molecule has 0 amide bonds. The van der Waals surface area contributed by atoms with Gasteiger partial charge in [-0.15, -0.1) is 0 Å². The highest BCUT2D eigenvalue weighted by Crippen LogP contribution is 2.17. The first-order valence-electron chi connectivity index (χ1n) is 7.06. The van der Waals surface area contributed by atoms with E-state index < -0.39 is 6.10 Å². The summed E-state index contributed by atoms with van der Waals surface area (Å²) >= 11 is 0. The minimum atomic E-state index is -0.686. The molecule has 1 aromatic rings. The summed E-state index contributed by atoms with van der Waals surface area (Å²) in [6.07, 6.45) is 5.84. The first-order valence-corrected chi connectivity index (χ1v) is 7.06. The Morgan fingerprint density at radius 2 is 2.32 bits per heavy atom. The monoisotopic (exact) mass is 265 g/mol. The fourth-order valence-corrected chi connectivity index (χ4v) is 2.33. The lowest BCUT2D eigenvalue weighted by atomic mass is 10.2. The molecule has 5 heteroatoms. The van der Waals surface area contributed by atoms with E-state index in [1.165, 1.54) is 25.7 Å². The maximum atomic E-state index is 9.93. The van der Waals surface area contributed by atoms with Crippen LogP contribution in [0.3, 0.4) is 0 Å². The van der Waals surface area contributed by atoms with Gasteiger partial charge in [0, 0.05) is 12.6 Å². The normalized spacial score (nSPS) is 18.5. The van der Waals surface area contributed by atoms with E-state index in [0.29, 0.717) is 18.3 Å². The van der Waals surface area contributed by atoms with Gasteiger partial charge in [-0.2, -0.15) is 0 Å². The highest BCUT2D eigenvalue weighted by Gasteiger charge is 2.16. The maximum absolute atomic E-state index is 9.93. The van der Waals surface area contributed by atoms with E-state index >= 15 is 0 Å². The number of furan rings is 1. The van der Waals surface area contributed by atoms with E-state index in [4.69, 9.17) is 4.42 Å². The smallest absolute Gasteiger partial charge is 0.191 e. The topological polar surface area (TPSA) is 69.8 Å². The first-order chi connectivity index (χ1) is 9.29. The van der Waals surface area contributed by atoms with Gasteiger partial charge in [0.25, 0.3) is 0 Å². The third-order valence-corrected chi connectivity index (χ3v) is 3.33. The molecule has 0 radical (unpaired) electrons. The highest BCUT2D eigenvalue weighted by molar-refractivity contribution is 5.80. The third-order valence-electron chi connectivity index (χ3n) is 3.33. The molecule has 1 saturated carbocycles. The fraction of sp³-hybridized carbons (Fsp3) is 0.643.